The van der Waals surface area contributed by atoms with Gasteiger partial charge in [-0.2, -0.15) is 11.8 Å². The zero-order valence-electron chi connectivity index (χ0n) is 8.64. The fraction of sp³-hybridized carbons (Fsp3) is 0.364. The van der Waals surface area contributed by atoms with E-state index in [1.54, 1.807) is 11.8 Å². The number of thioether (sulfide) groups is 1. The highest BCUT2D eigenvalue weighted by Crippen LogP contribution is 2.33. The molecule has 1 heterocycles. The molecule has 1 aromatic rings. The summed E-state index contributed by atoms with van der Waals surface area (Å²) in [5.41, 5.74) is 1.12. The van der Waals surface area contributed by atoms with Crippen molar-refractivity contribution in [3.05, 3.63) is 23.8 Å². The van der Waals surface area contributed by atoms with Gasteiger partial charge in [-0.3, -0.25) is 4.79 Å². The number of hydrogen-bond acceptors (Lipinski definition) is 4. The topological polar surface area (TPSA) is 55.8 Å². The lowest BCUT2D eigenvalue weighted by molar-refractivity contribution is -0.136. The third-order valence-corrected chi connectivity index (χ3v) is 3.20. The number of ether oxygens (including phenoxy) is 2. The van der Waals surface area contributed by atoms with Crippen LogP contribution in [-0.4, -0.2) is 23.6 Å². The maximum absolute atomic E-state index is 10.3. The average molecular weight is 240 g/mol. The molecule has 0 saturated carbocycles. The van der Waals surface area contributed by atoms with E-state index >= 15 is 0 Å². The number of carboxylic acid groups (broad SMARTS) is 1. The number of carbonyl (C=O) groups is 1. The van der Waals surface area contributed by atoms with Crippen molar-refractivity contribution in [1.82, 2.24) is 0 Å². The van der Waals surface area contributed by atoms with Gasteiger partial charge in [0, 0.05) is 11.5 Å². The van der Waals surface area contributed by atoms with E-state index in [1.807, 2.05) is 18.2 Å². The average Bonchev–Trinajstić information content (AvgIpc) is 2.71. The quantitative estimate of drug-likeness (QED) is 0.799. The Labute approximate surface area is 97.6 Å². The van der Waals surface area contributed by atoms with E-state index in [2.05, 4.69) is 0 Å². The molecule has 16 heavy (non-hydrogen) atoms. The molecular weight excluding hydrogens is 228 g/mol. The first-order chi connectivity index (χ1) is 7.75. The summed E-state index contributed by atoms with van der Waals surface area (Å²) in [4.78, 5) is 10.3. The summed E-state index contributed by atoms with van der Waals surface area (Å²) in [5.74, 6) is 2.22. The van der Waals surface area contributed by atoms with E-state index in [1.165, 1.54) is 0 Å². The molecule has 0 spiro atoms. The van der Waals surface area contributed by atoms with Gasteiger partial charge in [0.1, 0.15) is 0 Å². The predicted octanol–water partition coefficient (Wildman–Crippen LogP) is 2.12. The van der Waals surface area contributed by atoms with Crippen LogP contribution >= 0.6 is 11.8 Å². The molecule has 86 valence electrons. The van der Waals surface area contributed by atoms with Crippen LogP contribution < -0.4 is 9.47 Å². The second-order valence-electron chi connectivity index (χ2n) is 3.38. The number of rotatable bonds is 5. The molecule has 4 nitrogen and oxygen atoms in total. The Hall–Kier alpha value is -1.36. The molecule has 0 atom stereocenters. The van der Waals surface area contributed by atoms with Crippen LogP contribution in [0.3, 0.4) is 0 Å². The molecule has 1 aliphatic heterocycles. The molecule has 1 N–H and O–H groups in total. The largest absolute Gasteiger partial charge is 0.481 e. The second kappa shape index (κ2) is 5.12. The first-order valence-corrected chi connectivity index (χ1v) is 6.09. The molecule has 0 aromatic heterocycles. The minimum absolute atomic E-state index is 0.204. The van der Waals surface area contributed by atoms with Gasteiger partial charge in [0.15, 0.2) is 11.5 Å². The minimum atomic E-state index is -0.752. The maximum Gasteiger partial charge on any atom is 0.304 e. The van der Waals surface area contributed by atoms with Gasteiger partial charge in [0.05, 0.1) is 6.42 Å². The van der Waals surface area contributed by atoms with Crippen molar-refractivity contribution in [2.24, 2.45) is 0 Å². The van der Waals surface area contributed by atoms with Gasteiger partial charge in [-0.15, -0.1) is 0 Å². The normalized spacial score (nSPS) is 12.8. The van der Waals surface area contributed by atoms with Crippen molar-refractivity contribution in [3.8, 4) is 11.5 Å². The first kappa shape index (κ1) is 11.1. The molecule has 0 unspecified atom stereocenters. The van der Waals surface area contributed by atoms with E-state index in [9.17, 15) is 4.79 Å². The van der Waals surface area contributed by atoms with E-state index in [-0.39, 0.29) is 13.2 Å². The van der Waals surface area contributed by atoms with Crippen molar-refractivity contribution < 1.29 is 19.4 Å². The summed E-state index contributed by atoms with van der Waals surface area (Å²) in [6.07, 6.45) is 0.204. The number of aliphatic carboxylic acids is 1. The van der Waals surface area contributed by atoms with E-state index in [4.69, 9.17) is 14.6 Å². The molecule has 1 aromatic carbocycles. The van der Waals surface area contributed by atoms with Gasteiger partial charge >= 0.3 is 5.97 Å². The number of hydrogen-bond donors (Lipinski definition) is 1. The molecule has 0 aliphatic carbocycles. The molecule has 0 radical (unpaired) electrons. The van der Waals surface area contributed by atoms with Crippen molar-refractivity contribution in [2.45, 2.75) is 12.2 Å². The van der Waals surface area contributed by atoms with Crippen LogP contribution in [0, 0.1) is 0 Å². The van der Waals surface area contributed by atoms with Gasteiger partial charge in [0.2, 0.25) is 6.79 Å². The van der Waals surface area contributed by atoms with Crippen molar-refractivity contribution >= 4 is 17.7 Å². The SMILES string of the molecule is O=C(O)CCSCc1ccc2c(c1)OCO2. The summed E-state index contributed by atoms with van der Waals surface area (Å²) in [6, 6.07) is 5.80. The Morgan fingerprint density at radius 1 is 1.38 bits per heavy atom. The Balaban J connectivity index is 1.83. The summed E-state index contributed by atoms with van der Waals surface area (Å²) in [7, 11) is 0. The van der Waals surface area contributed by atoms with E-state index < -0.39 is 5.97 Å². The lowest BCUT2D eigenvalue weighted by atomic mass is 10.2. The van der Waals surface area contributed by atoms with Crippen LogP contribution in [0.4, 0.5) is 0 Å². The molecule has 0 fully saturated rings. The highest BCUT2D eigenvalue weighted by Gasteiger charge is 2.12. The van der Waals surface area contributed by atoms with Crippen LogP contribution in [0.15, 0.2) is 18.2 Å². The van der Waals surface area contributed by atoms with Gasteiger partial charge in [-0.25, -0.2) is 0 Å². The Kier molecular flexibility index (Phi) is 3.56. The van der Waals surface area contributed by atoms with Crippen LogP contribution in [0.25, 0.3) is 0 Å². The predicted molar refractivity (Wildman–Crippen MR) is 61.0 cm³/mol. The number of fused-ring (bicyclic) bond motifs is 1. The lowest BCUT2D eigenvalue weighted by Gasteiger charge is -2.02. The molecule has 0 saturated heterocycles. The van der Waals surface area contributed by atoms with Crippen LogP contribution in [0.5, 0.6) is 11.5 Å². The molecule has 5 heteroatoms. The summed E-state index contributed by atoms with van der Waals surface area (Å²) >= 11 is 1.60. The van der Waals surface area contributed by atoms with Crippen molar-refractivity contribution in [2.75, 3.05) is 12.5 Å². The van der Waals surface area contributed by atoms with Crippen LogP contribution in [0.1, 0.15) is 12.0 Å². The Morgan fingerprint density at radius 3 is 3.00 bits per heavy atom. The maximum atomic E-state index is 10.3. The van der Waals surface area contributed by atoms with Crippen molar-refractivity contribution in [3.63, 3.8) is 0 Å². The smallest absolute Gasteiger partial charge is 0.304 e. The lowest BCUT2D eigenvalue weighted by Crippen LogP contribution is -1.96. The number of benzene rings is 1. The van der Waals surface area contributed by atoms with Gasteiger partial charge in [-0.05, 0) is 17.7 Å². The molecule has 2 rings (SSSR count). The van der Waals surface area contributed by atoms with Crippen molar-refractivity contribution in [1.29, 1.82) is 0 Å². The summed E-state index contributed by atoms with van der Waals surface area (Å²) in [5, 5.41) is 8.49. The fourth-order valence-electron chi connectivity index (χ4n) is 1.38. The van der Waals surface area contributed by atoms with Gasteiger partial charge in [-0.1, -0.05) is 6.07 Å². The van der Waals surface area contributed by atoms with Gasteiger partial charge < -0.3 is 14.6 Å². The van der Waals surface area contributed by atoms with E-state index in [0.717, 1.165) is 22.8 Å². The molecule has 1 aliphatic rings. The number of carboxylic acids is 1. The second-order valence-corrected chi connectivity index (χ2v) is 4.49. The molecule has 0 bridgehead atoms. The Bertz CT molecular complexity index is 392. The third kappa shape index (κ3) is 2.82. The monoisotopic (exact) mass is 240 g/mol. The van der Waals surface area contributed by atoms with E-state index in [0.29, 0.717) is 5.75 Å². The van der Waals surface area contributed by atoms with Gasteiger partial charge in [0.25, 0.3) is 0 Å². The van der Waals surface area contributed by atoms with Crippen LogP contribution in [0.2, 0.25) is 0 Å². The first-order valence-electron chi connectivity index (χ1n) is 4.94. The fourth-order valence-corrected chi connectivity index (χ4v) is 2.26. The standard InChI is InChI=1S/C11H12O4S/c12-11(13)3-4-16-6-8-1-2-9-10(5-8)15-7-14-9/h1-2,5H,3-4,6-7H2,(H,12,13). The highest BCUT2D eigenvalue weighted by atomic mass is 32.2. The highest BCUT2D eigenvalue weighted by molar-refractivity contribution is 7.98. The molecule has 0 amide bonds. The summed E-state index contributed by atoms with van der Waals surface area (Å²) < 4.78 is 10.5. The molecular formula is C11H12O4S. The zero-order chi connectivity index (χ0) is 11.4. The van der Waals surface area contributed by atoms with Crippen LogP contribution in [-0.2, 0) is 10.5 Å². The third-order valence-electron chi connectivity index (χ3n) is 2.17. The summed E-state index contributed by atoms with van der Waals surface area (Å²) in [6.45, 7) is 0.283. The Morgan fingerprint density at radius 2 is 2.19 bits per heavy atom. The minimum Gasteiger partial charge on any atom is -0.481 e. The zero-order valence-corrected chi connectivity index (χ0v) is 9.46.